The Morgan fingerprint density at radius 3 is 2.38 bits per heavy atom. The van der Waals surface area contributed by atoms with Crippen molar-refractivity contribution in [1.82, 2.24) is 19.2 Å². The van der Waals surface area contributed by atoms with E-state index in [1.165, 1.54) is 16.8 Å². The van der Waals surface area contributed by atoms with Crippen LogP contribution in [0.25, 0.3) is 39.2 Å². The number of halogens is 1. The molecule has 7 nitrogen and oxygen atoms in total. The van der Waals surface area contributed by atoms with Crippen molar-refractivity contribution in [3.05, 3.63) is 94.9 Å². The fourth-order valence-corrected chi connectivity index (χ4v) is 3.87. The highest BCUT2D eigenvalue weighted by Crippen LogP contribution is 2.32. The van der Waals surface area contributed by atoms with Crippen molar-refractivity contribution in [2.24, 2.45) is 0 Å². The van der Waals surface area contributed by atoms with Crippen LogP contribution in [0.1, 0.15) is 10.6 Å². The molecule has 0 spiro atoms. The summed E-state index contributed by atoms with van der Waals surface area (Å²) in [6.07, 6.45) is 0.629. The van der Waals surface area contributed by atoms with Gasteiger partial charge in [0.2, 0.25) is 0 Å². The van der Waals surface area contributed by atoms with Crippen molar-refractivity contribution >= 4 is 17.3 Å². The number of carbonyl (C=O) groups is 1. The Hall–Kier alpha value is -4.46. The average molecular weight is 427 g/mol. The van der Waals surface area contributed by atoms with E-state index in [0.29, 0.717) is 39.8 Å². The number of hydrogen-bond donors (Lipinski definition) is 2. The minimum Gasteiger partial charge on any atom is -0.335 e. The number of nitrogens with one attached hydrogen (secondary N) is 2. The van der Waals surface area contributed by atoms with Gasteiger partial charge in [-0.15, -0.1) is 0 Å². The molecule has 8 heteroatoms. The smallest absolute Gasteiger partial charge is 0.335 e. The number of benzene rings is 3. The number of fused-ring (bicyclic) bond motifs is 1. The van der Waals surface area contributed by atoms with Crippen LogP contribution in [0.15, 0.2) is 77.6 Å². The van der Waals surface area contributed by atoms with Crippen LogP contribution in [0.4, 0.5) is 4.39 Å². The SMILES string of the molecule is CNn1c(=O)n(-c2ccccc2)c2ccc(-c3nc(C=O)[nH]c3-c3ccc(F)cc3)cc21. The second-order valence-electron chi connectivity index (χ2n) is 7.19. The number of aldehydes is 1. The maximum atomic E-state index is 13.4. The Morgan fingerprint density at radius 1 is 0.969 bits per heavy atom. The number of hydrogen-bond acceptors (Lipinski definition) is 4. The van der Waals surface area contributed by atoms with Gasteiger partial charge in [-0.1, -0.05) is 24.3 Å². The molecule has 5 rings (SSSR count). The first-order valence-corrected chi connectivity index (χ1v) is 9.93. The molecule has 2 aromatic heterocycles. The number of carbonyl (C=O) groups excluding carboxylic acids is 1. The molecule has 0 unspecified atom stereocenters. The van der Waals surface area contributed by atoms with Crippen LogP contribution in [0.2, 0.25) is 0 Å². The summed E-state index contributed by atoms with van der Waals surface area (Å²) in [5.74, 6) is -0.195. The van der Waals surface area contributed by atoms with Gasteiger partial charge < -0.3 is 10.4 Å². The maximum Gasteiger partial charge on any atom is 0.352 e. The quantitative estimate of drug-likeness (QED) is 0.416. The van der Waals surface area contributed by atoms with Gasteiger partial charge in [-0.25, -0.2) is 18.8 Å². The summed E-state index contributed by atoms with van der Waals surface area (Å²) in [6, 6.07) is 20.8. The molecular weight excluding hydrogens is 409 g/mol. The first kappa shape index (κ1) is 19.5. The molecular formula is C24H18FN5O2. The van der Waals surface area contributed by atoms with Crippen molar-refractivity contribution < 1.29 is 9.18 Å². The zero-order valence-corrected chi connectivity index (χ0v) is 17.0. The van der Waals surface area contributed by atoms with E-state index in [1.807, 2.05) is 48.5 Å². The summed E-state index contributed by atoms with van der Waals surface area (Å²) in [5, 5.41) is 0. The van der Waals surface area contributed by atoms with Gasteiger partial charge in [0.05, 0.1) is 28.1 Å². The molecule has 2 N–H and O–H groups in total. The van der Waals surface area contributed by atoms with Crippen molar-refractivity contribution in [2.45, 2.75) is 0 Å². The molecule has 0 aliphatic carbocycles. The van der Waals surface area contributed by atoms with E-state index >= 15 is 0 Å². The fourth-order valence-electron chi connectivity index (χ4n) is 3.87. The van der Waals surface area contributed by atoms with Crippen LogP contribution in [-0.4, -0.2) is 32.5 Å². The molecule has 32 heavy (non-hydrogen) atoms. The lowest BCUT2D eigenvalue weighted by atomic mass is 10.0. The summed E-state index contributed by atoms with van der Waals surface area (Å²) in [6.45, 7) is 0. The Kier molecular flexibility index (Phi) is 4.67. The van der Waals surface area contributed by atoms with Gasteiger partial charge >= 0.3 is 5.69 Å². The minimum absolute atomic E-state index is 0.160. The lowest BCUT2D eigenvalue weighted by Gasteiger charge is -2.06. The van der Waals surface area contributed by atoms with Crippen LogP contribution >= 0.6 is 0 Å². The molecule has 5 aromatic rings. The highest BCUT2D eigenvalue weighted by Gasteiger charge is 2.18. The largest absolute Gasteiger partial charge is 0.352 e. The summed E-state index contributed by atoms with van der Waals surface area (Å²) in [4.78, 5) is 31.9. The Labute approximate surface area is 181 Å². The molecule has 158 valence electrons. The third-order valence-electron chi connectivity index (χ3n) is 5.32. The number of nitrogens with zero attached hydrogens (tertiary/aromatic N) is 3. The van der Waals surface area contributed by atoms with Gasteiger partial charge in [-0.05, 0) is 48.5 Å². The van der Waals surface area contributed by atoms with Crippen LogP contribution < -0.4 is 11.1 Å². The van der Waals surface area contributed by atoms with Crippen molar-refractivity contribution in [3.63, 3.8) is 0 Å². The molecule has 3 aromatic carbocycles. The second kappa shape index (κ2) is 7.66. The first-order valence-electron chi connectivity index (χ1n) is 9.93. The van der Waals surface area contributed by atoms with Gasteiger partial charge in [0.15, 0.2) is 12.1 Å². The topological polar surface area (TPSA) is 84.7 Å². The lowest BCUT2D eigenvalue weighted by molar-refractivity contribution is 0.111. The number of aromatic amines is 1. The van der Waals surface area contributed by atoms with E-state index in [9.17, 15) is 14.0 Å². The van der Waals surface area contributed by atoms with E-state index in [4.69, 9.17) is 0 Å². The standard InChI is InChI=1S/C24H18FN5O2/c1-26-30-20-13-16(9-12-19(20)29(24(30)32)18-5-3-2-4-6-18)23-22(27-21(14-31)28-23)15-7-10-17(25)11-8-15/h2-14,26H,1H3,(H,27,28). The lowest BCUT2D eigenvalue weighted by Crippen LogP contribution is -2.28. The molecule has 0 aliphatic rings. The van der Waals surface area contributed by atoms with E-state index in [1.54, 1.807) is 23.7 Å². The molecule has 0 saturated heterocycles. The predicted octanol–water partition coefficient (Wildman–Crippen LogP) is 3.97. The Morgan fingerprint density at radius 2 is 1.69 bits per heavy atom. The molecule has 0 atom stereocenters. The first-order chi connectivity index (χ1) is 15.6. The third kappa shape index (κ3) is 3.09. The van der Waals surface area contributed by atoms with E-state index in [0.717, 1.165) is 5.69 Å². The maximum absolute atomic E-state index is 13.4. The van der Waals surface area contributed by atoms with Crippen LogP contribution in [0.3, 0.4) is 0 Å². The Balaban J connectivity index is 1.73. The number of aromatic nitrogens is 4. The molecule has 0 amide bonds. The van der Waals surface area contributed by atoms with Crippen molar-refractivity contribution in [3.8, 4) is 28.2 Å². The highest BCUT2D eigenvalue weighted by molar-refractivity contribution is 5.88. The van der Waals surface area contributed by atoms with Crippen molar-refractivity contribution in [2.75, 3.05) is 12.5 Å². The summed E-state index contributed by atoms with van der Waals surface area (Å²) < 4.78 is 16.5. The van der Waals surface area contributed by atoms with E-state index < -0.39 is 0 Å². The van der Waals surface area contributed by atoms with Gasteiger partial charge in [0.25, 0.3) is 0 Å². The van der Waals surface area contributed by atoms with Crippen LogP contribution in [0.5, 0.6) is 0 Å². The predicted molar refractivity (Wildman–Crippen MR) is 121 cm³/mol. The minimum atomic E-state index is -0.355. The van der Waals surface area contributed by atoms with Gasteiger partial charge in [-0.3, -0.25) is 9.36 Å². The molecule has 0 bridgehead atoms. The number of H-pyrrole nitrogens is 1. The van der Waals surface area contributed by atoms with Crippen LogP contribution in [-0.2, 0) is 0 Å². The van der Waals surface area contributed by atoms with Gasteiger partial charge in [-0.2, -0.15) is 0 Å². The third-order valence-corrected chi connectivity index (χ3v) is 5.32. The monoisotopic (exact) mass is 427 g/mol. The molecule has 0 fully saturated rings. The molecule has 2 heterocycles. The zero-order chi connectivity index (χ0) is 22.2. The average Bonchev–Trinajstić information content (AvgIpc) is 3.38. The normalized spacial score (nSPS) is 11.1. The number of rotatable bonds is 5. The molecule has 0 saturated carbocycles. The van der Waals surface area contributed by atoms with Gasteiger partial charge in [0.1, 0.15) is 5.82 Å². The Bertz CT molecular complexity index is 1500. The van der Waals surface area contributed by atoms with Crippen LogP contribution in [0, 0.1) is 5.82 Å². The summed E-state index contributed by atoms with van der Waals surface area (Å²) in [5.41, 5.74) is 7.33. The highest BCUT2D eigenvalue weighted by atomic mass is 19.1. The second-order valence-corrected chi connectivity index (χ2v) is 7.19. The summed E-state index contributed by atoms with van der Waals surface area (Å²) in [7, 11) is 1.67. The summed E-state index contributed by atoms with van der Waals surface area (Å²) >= 11 is 0. The van der Waals surface area contributed by atoms with Gasteiger partial charge in [0, 0.05) is 18.2 Å². The fraction of sp³-hybridized carbons (Fsp3) is 0.0417. The molecule has 0 radical (unpaired) electrons. The van der Waals surface area contributed by atoms with E-state index in [2.05, 4.69) is 15.4 Å². The zero-order valence-electron chi connectivity index (χ0n) is 17.0. The number of imidazole rings is 2. The number of para-hydroxylation sites is 1. The van der Waals surface area contributed by atoms with E-state index in [-0.39, 0.29) is 17.3 Å². The molecule has 0 aliphatic heterocycles. The van der Waals surface area contributed by atoms with Crippen molar-refractivity contribution in [1.29, 1.82) is 0 Å².